The van der Waals surface area contributed by atoms with Gasteiger partial charge < -0.3 is 10.8 Å². The van der Waals surface area contributed by atoms with Gasteiger partial charge in [0.2, 0.25) is 0 Å². The molecule has 1 rings (SSSR count). The summed E-state index contributed by atoms with van der Waals surface area (Å²) in [6, 6.07) is 9.94. The molecule has 0 aliphatic rings. The number of rotatable bonds is 6. The van der Waals surface area contributed by atoms with Crippen LogP contribution in [0.5, 0.6) is 0 Å². The van der Waals surface area contributed by atoms with E-state index < -0.39 is 6.10 Å². The van der Waals surface area contributed by atoms with Crippen molar-refractivity contribution < 1.29 is 5.11 Å². The lowest BCUT2D eigenvalue weighted by molar-refractivity contribution is 0.0795. The van der Waals surface area contributed by atoms with Gasteiger partial charge in [-0.2, -0.15) is 0 Å². The van der Waals surface area contributed by atoms with Crippen LogP contribution in [0.1, 0.15) is 32.8 Å². The Kier molecular flexibility index (Phi) is 5.66. The summed E-state index contributed by atoms with van der Waals surface area (Å²) in [6.45, 7) is 6.42. The Hall–Kier alpha value is -0.860. The lowest BCUT2D eigenvalue weighted by Crippen LogP contribution is -2.41. The largest absolute Gasteiger partial charge is 0.391 e. The van der Waals surface area contributed by atoms with Crippen LogP contribution in [0.25, 0.3) is 0 Å². The Morgan fingerprint density at radius 3 is 2.24 bits per heavy atom. The summed E-state index contributed by atoms with van der Waals surface area (Å²) >= 11 is 0. The zero-order valence-electron chi connectivity index (χ0n) is 11.1. The van der Waals surface area contributed by atoms with Crippen molar-refractivity contribution in [2.24, 2.45) is 17.6 Å². The molecule has 0 radical (unpaired) electrons. The van der Waals surface area contributed by atoms with Crippen LogP contribution in [0.4, 0.5) is 0 Å². The van der Waals surface area contributed by atoms with Gasteiger partial charge in [-0.25, -0.2) is 0 Å². The highest BCUT2D eigenvalue weighted by Gasteiger charge is 2.22. The molecule has 0 bridgehead atoms. The SMILES string of the molecule is CC(C)CC(C)C(O)C(N)Cc1ccccc1. The minimum atomic E-state index is -0.419. The molecule has 0 heterocycles. The molecule has 2 heteroatoms. The smallest absolute Gasteiger partial charge is 0.0719 e. The lowest BCUT2D eigenvalue weighted by atomic mass is 9.88. The van der Waals surface area contributed by atoms with E-state index in [1.807, 2.05) is 18.2 Å². The van der Waals surface area contributed by atoms with E-state index in [2.05, 4.69) is 32.9 Å². The highest BCUT2D eigenvalue weighted by molar-refractivity contribution is 5.16. The third-order valence-electron chi connectivity index (χ3n) is 3.18. The van der Waals surface area contributed by atoms with Gasteiger partial charge in [-0.3, -0.25) is 0 Å². The van der Waals surface area contributed by atoms with Gasteiger partial charge in [-0.15, -0.1) is 0 Å². The average Bonchev–Trinajstić information content (AvgIpc) is 2.28. The Morgan fingerprint density at radius 2 is 1.71 bits per heavy atom. The van der Waals surface area contributed by atoms with Crippen molar-refractivity contribution >= 4 is 0 Å². The van der Waals surface area contributed by atoms with Crippen molar-refractivity contribution in [2.75, 3.05) is 0 Å². The number of benzene rings is 1. The maximum absolute atomic E-state index is 10.2. The molecule has 0 aromatic heterocycles. The zero-order valence-corrected chi connectivity index (χ0v) is 11.1. The maximum Gasteiger partial charge on any atom is 0.0719 e. The number of aliphatic hydroxyl groups excluding tert-OH is 1. The topological polar surface area (TPSA) is 46.2 Å². The van der Waals surface area contributed by atoms with Gasteiger partial charge in [0.15, 0.2) is 0 Å². The van der Waals surface area contributed by atoms with E-state index in [0.29, 0.717) is 5.92 Å². The molecule has 2 nitrogen and oxygen atoms in total. The van der Waals surface area contributed by atoms with Crippen LogP contribution in [-0.4, -0.2) is 17.3 Å². The second kappa shape index (κ2) is 6.77. The van der Waals surface area contributed by atoms with Crippen molar-refractivity contribution in [1.82, 2.24) is 0 Å². The summed E-state index contributed by atoms with van der Waals surface area (Å²) in [5, 5.41) is 10.2. The van der Waals surface area contributed by atoms with Crippen LogP contribution in [0.2, 0.25) is 0 Å². The first-order valence-corrected chi connectivity index (χ1v) is 6.48. The molecule has 0 amide bonds. The Bertz CT molecular complexity index is 310. The van der Waals surface area contributed by atoms with E-state index >= 15 is 0 Å². The second-order valence-electron chi connectivity index (χ2n) is 5.45. The monoisotopic (exact) mass is 235 g/mol. The quantitative estimate of drug-likeness (QED) is 0.796. The van der Waals surface area contributed by atoms with Crippen molar-refractivity contribution in [3.8, 4) is 0 Å². The fourth-order valence-electron chi connectivity index (χ4n) is 2.31. The summed E-state index contributed by atoms with van der Waals surface area (Å²) in [5.74, 6) is 0.859. The normalized spacial score (nSPS) is 16.8. The van der Waals surface area contributed by atoms with E-state index in [4.69, 9.17) is 5.73 Å². The fourth-order valence-corrected chi connectivity index (χ4v) is 2.31. The van der Waals surface area contributed by atoms with Crippen LogP contribution < -0.4 is 5.73 Å². The minimum Gasteiger partial charge on any atom is -0.391 e. The number of aliphatic hydroxyl groups is 1. The molecule has 3 unspecified atom stereocenters. The van der Waals surface area contributed by atoms with Crippen LogP contribution in [0, 0.1) is 11.8 Å². The standard InChI is InChI=1S/C15H25NO/c1-11(2)9-12(3)15(17)14(16)10-13-7-5-4-6-8-13/h4-8,11-12,14-15,17H,9-10,16H2,1-3H3. The van der Waals surface area contributed by atoms with Gasteiger partial charge in [0.1, 0.15) is 0 Å². The fraction of sp³-hybridized carbons (Fsp3) is 0.600. The molecular weight excluding hydrogens is 210 g/mol. The highest BCUT2D eigenvalue weighted by Crippen LogP contribution is 2.18. The zero-order chi connectivity index (χ0) is 12.8. The molecule has 0 spiro atoms. The molecule has 3 N–H and O–H groups in total. The van der Waals surface area contributed by atoms with Crippen LogP contribution in [-0.2, 0) is 6.42 Å². The molecule has 3 atom stereocenters. The third kappa shape index (κ3) is 4.88. The van der Waals surface area contributed by atoms with E-state index in [1.165, 1.54) is 5.56 Å². The van der Waals surface area contributed by atoms with Gasteiger partial charge >= 0.3 is 0 Å². The van der Waals surface area contributed by atoms with Crippen LogP contribution in [0.3, 0.4) is 0 Å². The van der Waals surface area contributed by atoms with E-state index in [-0.39, 0.29) is 12.0 Å². The molecule has 0 fully saturated rings. The predicted molar refractivity (Wildman–Crippen MR) is 72.7 cm³/mol. The van der Waals surface area contributed by atoms with Gasteiger partial charge in [0.05, 0.1) is 6.10 Å². The van der Waals surface area contributed by atoms with Crippen molar-refractivity contribution in [3.63, 3.8) is 0 Å². The Morgan fingerprint density at radius 1 is 1.12 bits per heavy atom. The second-order valence-corrected chi connectivity index (χ2v) is 5.45. The van der Waals surface area contributed by atoms with Crippen molar-refractivity contribution in [3.05, 3.63) is 35.9 Å². The average molecular weight is 235 g/mol. The number of nitrogens with two attached hydrogens (primary N) is 1. The molecule has 96 valence electrons. The first-order chi connectivity index (χ1) is 8.00. The molecule has 0 aliphatic carbocycles. The number of hydrogen-bond donors (Lipinski definition) is 2. The van der Waals surface area contributed by atoms with Crippen molar-refractivity contribution in [1.29, 1.82) is 0 Å². The van der Waals surface area contributed by atoms with Crippen LogP contribution >= 0.6 is 0 Å². The van der Waals surface area contributed by atoms with Gasteiger partial charge in [0.25, 0.3) is 0 Å². The van der Waals surface area contributed by atoms with E-state index in [0.717, 1.165) is 12.8 Å². The predicted octanol–water partition coefficient (Wildman–Crippen LogP) is 2.60. The molecule has 0 saturated carbocycles. The molecule has 17 heavy (non-hydrogen) atoms. The summed E-state index contributed by atoms with van der Waals surface area (Å²) in [6.07, 6.45) is 1.34. The lowest BCUT2D eigenvalue weighted by Gasteiger charge is -2.26. The first kappa shape index (κ1) is 14.2. The summed E-state index contributed by atoms with van der Waals surface area (Å²) in [4.78, 5) is 0. The summed E-state index contributed by atoms with van der Waals surface area (Å²) in [7, 11) is 0. The first-order valence-electron chi connectivity index (χ1n) is 6.48. The molecule has 1 aromatic carbocycles. The minimum absolute atomic E-state index is 0.175. The molecular formula is C15H25NO. The summed E-state index contributed by atoms with van der Waals surface area (Å²) in [5.41, 5.74) is 7.27. The Labute approximate surface area is 105 Å². The van der Waals surface area contributed by atoms with E-state index in [1.54, 1.807) is 0 Å². The van der Waals surface area contributed by atoms with E-state index in [9.17, 15) is 5.11 Å². The molecule has 0 aliphatic heterocycles. The van der Waals surface area contributed by atoms with Gasteiger partial charge in [-0.1, -0.05) is 51.1 Å². The molecule has 0 saturated heterocycles. The van der Waals surface area contributed by atoms with Crippen molar-refractivity contribution in [2.45, 2.75) is 45.8 Å². The van der Waals surface area contributed by atoms with Crippen LogP contribution in [0.15, 0.2) is 30.3 Å². The molecule has 1 aromatic rings. The summed E-state index contributed by atoms with van der Waals surface area (Å²) < 4.78 is 0. The third-order valence-corrected chi connectivity index (χ3v) is 3.18. The maximum atomic E-state index is 10.2. The highest BCUT2D eigenvalue weighted by atomic mass is 16.3. The Balaban J connectivity index is 2.49. The van der Waals surface area contributed by atoms with Gasteiger partial charge in [0, 0.05) is 6.04 Å². The number of hydrogen-bond acceptors (Lipinski definition) is 2. The van der Waals surface area contributed by atoms with Gasteiger partial charge in [-0.05, 0) is 30.2 Å².